The summed E-state index contributed by atoms with van der Waals surface area (Å²) in [6.45, 7) is 0.652. The minimum absolute atomic E-state index is 0. The molecule has 0 aromatic carbocycles. The monoisotopic (exact) mass is 609 g/mol. The van der Waals surface area contributed by atoms with Gasteiger partial charge in [0.1, 0.15) is 6.21 Å². The van der Waals surface area contributed by atoms with Gasteiger partial charge >= 0.3 is 0 Å². The third-order valence-corrected chi connectivity index (χ3v) is 4.76. The highest BCUT2D eigenvalue weighted by Crippen LogP contribution is 2.26. The van der Waals surface area contributed by atoms with Crippen LogP contribution in [0.2, 0.25) is 0 Å². The Bertz CT molecular complexity index is 781. The highest BCUT2D eigenvalue weighted by atomic mass is 127. The van der Waals surface area contributed by atoms with Crippen LogP contribution < -0.4 is 57.1 Å². The molecule has 1 aliphatic rings. The van der Waals surface area contributed by atoms with Crippen LogP contribution in [0.3, 0.4) is 0 Å². The van der Waals surface area contributed by atoms with E-state index in [1.54, 1.807) is 0 Å². The molecule has 152 valence electrons. The van der Waals surface area contributed by atoms with Gasteiger partial charge in [0, 0.05) is 24.1 Å². The zero-order valence-corrected chi connectivity index (χ0v) is 19.9. The summed E-state index contributed by atoms with van der Waals surface area (Å²) in [5.74, 6) is 0.415. The molecule has 1 aliphatic carbocycles. The van der Waals surface area contributed by atoms with E-state index in [1.807, 2.05) is 58.1 Å². The SMILES string of the molecule is O=C(c1ccc[n+](COC[n+]2ccccc2C=NO)c1)C1CCCCC1.[I-].[I-]. The predicted molar refractivity (Wildman–Crippen MR) is 94.6 cm³/mol. The molecule has 28 heavy (non-hydrogen) atoms. The number of ketones is 1. The molecule has 0 bridgehead atoms. The molecule has 2 aromatic rings. The van der Waals surface area contributed by atoms with Gasteiger partial charge in [-0.25, -0.2) is 0 Å². The molecular weight excluding hydrogens is 584 g/mol. The number of carbonyl (C=O) groups excluding carboxylic acids is 1. The molecular formula is C20H25I2N3O3. The molecule has 0 unspecified atom stereocenters. The Kier molecular flexibility index (Phi) is 11.7. The molecule has 6 nitrogen and oxygen atoms in total. The Balaban J connectivity index is 0.00000196. The first-order valence-corrected chi connectivity index (χ1v) is 9.05. The summed E-state index contributed by atoms with van der Waals surface area (Å²) in [4.78, 5) is 12.7. The molecule has 0 radical (unpaired) electrons. The van der Waals surface area contributed by atoms with Crippen molar-refractivity contribution >= 4 is 12.0 Å². The summed E-state index contributed by atoms with van der Waals surface area (Å²) in [5, 5.41) is 11.8. The van der Waals surface area contributed by atoms with Gasteiger partial charge in [-0.05, 0) is 25.0 Å². The highest BCUT2D eigenvalue weighted by molar-refractivity contribution is 5.97. The molecule has 0 atom stereocenters. The van der Waals surface area contributed by atoms with Crippen molar-refractivity contribution in [2.45, 2.75) is 45.6 Å². The molecule has 1 saturated carbocycles. The van der Waals surface area contributed by atoms with Crippen LogP contribution >= 0.6 is 0 Å². The molecule has 0 aliphatic heterocycles. The van der Waals surface area contributed by atoms with Gasteiger partial charge in [0.15, 0.2) is 24.4 Å². The maximum Gasteiger partial charge on any atom is 0.258 e. The van der Waals surface area contributed by atoms with E-state index in [0.29, 0.717) is 13.5 Å². The standard InChI is InChI=1S/C20H24N3O3.2HI/c24-20(17-7-2-1-3-8-17)18-9-6-11-22(14-18)15-26-16-23-12-5-4-10-19(23)13-21-25;;/h4-6,9-14,17H,1-3,7-8,15-16H2;2*1H/q+1;;/p-1. The predicted octanol–water partition coefficient (Wildman–Crippen LogP) is -3.53. The van der Waals surface area contributed by atoms with E-state index in [1.165, 1.54) is 12.6 Å². The van der Waals surface area contributed by atoms with Crippen molar-refractivity contribution in [3.63, 3.8) is 0 Å². The molecule has 3 rings (SSSR count). The molecule has 0 amide bonds. The zero-order valence-electron chi connectivity index (χ0n) is 15.6. The van der Waals surface area contributed by atoms with Crippen LogP contribution in [0.25, 0.3) is 0 Å². The number of hydrogen-bond donors (Lipinski definition) is 1. The highest BCUT2D eigenvalue weighted by Gasteiger charge is 2.24. The number of pyridine rings is 2. The van der Waals surface area contributed by atoms with E-state index in [-0.39, 0.29) is 59.7 Å². The second-order valence-electron chi connectivity index (χ2n) is 6.61. The number of oxime groups is 1. The number of ether oxygens (including phenoxy) is 1. The number of Topliss-reactive ketones (excluding diaryl/α,β-unsaturated/α-hetero) is 1. The largest absolute Gasteiger partial charge is 1.00 e. The van der Waals surface area contributed by atoms with Gasteiger partial charge in [0.2, 0.25) is 5.69 Å². The molecule has 0 spiro atoms. The van der Waals surface area contributed by atoms with Gasteiger partial charge in [-0.1, -0.05) is 24.4 Å². The fourth-order valence-electron chi connectivity index (χ4n) is 3.38. The van der Waals surface area contributed by atoms with Gasteiger partial charge in [0.05, 0.1) is 5.56 Å². The van der Waals surface area contributed by atoms with Crippen molar-refractivity contribution in [3.05, 3.63) is 60.2 Å². The lowest BCUT2D eigenvalue weighted by atomic mass is 9.84. The molecule has 8 heteroatoms. The Morgan fingerprint density at radius 1 is 1.11 bits per heavy atom. The first-order chi connectivity index (χ1) is 12.8. The number of rotatable bonds is 7. The van der Waals surface area contributed by atoms with Crippen LogP contribution in [0.5, 0.6) is 0 Å². The van der Waals surface area contributed by atoms with Crippen LogP contribution in [0.15, 0.2) is 54.1 Å². The summed E-state index contributed by atoms with van der Waals surface area (Å²) in [7, 11) is 0. The first-order valence-electron chi connectivity index (χ1n) is 9.05. The average Bonchev–Trinajstić information content (AvgIpc) is 2.70. The van der Waals surface area contributed by atoms with Gasteiger partial charge in [0.25, 0.3) is 13.5 Å². The summed E-state index contributed by atoms with van der Waals surface area (Å²) in [6.07, 6.45) is 12.5. The van der Waals surface area contributed by atoms with E-state index in [0.717, 1.165) is 36.9 Å². The molecule has 1 fully saturated rings. The third kappa shape index (κ3) is 7.03. The molecule has 0 saturated heterocycles. The average molecular weight is 609 g/mol. The summed E-state index contributed by atoms with van der Waals surface area (Å²) in [5.41, 5.74) is 1.49. The van der Waals surface area contributed by atoms with E-state index in [2.05, 4.69) is 5.16 Å². The van der Waals surface area contributed by atoms with E-state index in [9.17, 15) is 4.79 Å². The lowest BCUT2D eigenvalue weighted by Gasteiger charge is -2.19. The maximum absolute atomic E-state index is 12.7. The van der Waals surface area contributed by atoms with Crippen LogP contribution in [-0.2, 0) is 18.2 Å². The summed E-state index contributed by atoms with van der Waals surface area (Å²) < 4.78 is 9.45. The second kappa shape index (κ2) is 13.2. The van der Waals surface area contributed by atoms with Crippen LogP contribution in [0, 0.1) is 5.92 Å². The van der Waals surface area contributed by atoms with Crippen molar-refractivity contribution in [2.75, 3.05) is 0 Å². The molecule has 2 aromatic heterocycles. The lowest BCUT2D eigenvalue weighted by molar-refractivity contribution is -0.788. The Labute approximate surface area is 199 Å². The number of carbonyl (C=O) groups is 1. The van der Waals surface area contributed by atoms with Gasteiger partial charge in [-0.15, -0.1) is 0 Å². The van der Waals surface area contributed by atoms with E-state index >= 15 is 0 Å². The normalized spacial score (nSPS) is 14.3. The number of nitrogens with zero attached hydrogens (tertiary/aromatic N) is 3. The quantitative estimate of drug-likeness (QED) is 0.0885. The second-order valence-corrected chi connectivity index (χ2v) is 6.61. The molecule has 1 N–H and O–H groups in total. The van der Waals surface area contributed by atoms with Crippen molar-refractivity contribution < 1.29 is 71.8 Å². The summed E-state index contributed by atoms with van der Waals surface area (Å²) >= 11 is 0. The Hall–Kier alpha value is -1.14. The fraction of sp³-hybridized carbons (Fsp3) is 0.400. The lowest BCUT2D eigenvalue weighted by Crippen LogP contribution is -3.00. The Morgan fingerprint density at radius 3 is 2.64 bits per heavy atom. The van der Waals surface area contributed by atoms with Crippen molar-refractivity contribution in [1.82, 2.24) is 0 Å². The summed E-state index contributed by atoms with van der Waals surface area (Å²) in [6, 6.07) is 9.35. The number of aromatic nitrogens is 2. The van der Waals surface area contributed by atoms with Crippen molar-refractivity contribution in [2.24, 2.45) is 11.1 Å². The van der Waals surface area contributed by atoms with Crippen LogP contribution in [-0.4, -0.2) is 17.2 Å². The van der Waals surface area contributed by atoms with Crippen LogP contribution in [0.4, 0.5) is 0 Å². The van der Waals surface area contributed by atoms with Crippen molar-refractivity contribution in [1.29, 1.82) is 0 Å². The molecule has 2 heterocycles. The van der Waals surface area contributed by atoms with Crippen molar-refractivity contribution in [3.8, 4) is 0 Å². The fourth-order valence-corrected chi connectivity index (χ4v) is 3.38. The van der Waals surface area contributed by atoms with Crippen LogP contribution in [0.1, 0.15) is 48.2 Å². The van der Waals surface area contributed by atoms with Gasteiger partial charge < -0.3 is 53.2 Å². The minimum Gasteiger partial charge on any atom is -1.00 e. The maximum atomic E-state index is 12.7. The number of hydrogen-bond acceptors (Lipinski definition) is 4. The van der Waals surface area contributed by atoms with Gasteiger partial charge in [-0.2, -0.15) is 9.13 Å². The Morgan fingerprint density at radius 2 is 1.89 bits per heavy atom. The van der Waals surface area contributed by atoms with Gasteiger partial charge in [-0.3, -0.25) is 9.53 Å². The smallest absolute Gasteiger partial charge is 0.258 e. The zero-order chi connectivity index (χ0) is 18.2. The van der Waals surface area contributed by atoms with E-state index < -0.39 is 0 Å². The third-order valence-electron chi connectivity index (χ3n) is 4.76. The first kappa shape index (κ1) is 24.9. The minimum atomic E-state index is 0. The van der Waals surface area contributed by atoms with E-state index in [4.69, 9.17) is 9.94 Å². The topological polar surface area (TPSA) is 66.7 Å². The number of halogens is 2.